The lowest BCUT2D eigenvalue weighted by atomic mass is 9.84. The number of nitrogens with one attached hydrogen (secondary N) is 1. The number of halogens is 1. The number of fused-ring (bicyclic) bond motifs is 1. The maximum atomic E-state index is 13.2. The summed E-state index contributed by atoms with van der Waals surface area (Å²) in [5.74, 6) is 0.0393. The third kappa shape index (κ3) is 6.63. The topological polar surface area (TPSA) is 77.1 Å². The van der Waals surface area contributed by atoms with Crippen LogP contribution in [0.1, 0.15) is 66.4 Å². The first kappa shape index (κ1) is 25.6. The molecule has 3 aliphatic rings. The van der Waals surface area contributed by atoms with Gasteiger partial charge in [-0.05, 0) is 73.7 Å². The Kier molecular flexibility index (Phi) is 7.98. The van der Waals surface area contributed by atoms with Gasteiger partial charge in [-0.3, -0.25) is 14.5 Å². The zero-order valence-electron chi connectivity index (χ0n) is 20.9. The zero-order valence-corrected chi connectivity index (χ0v) is 20.9. The number of carbonyl (C=O) groups excluding carboxylic acids is 2. The molecule has 0 saturated carbocycles. The second-order valence-corrected chi connectivity index (χ2v) is 10.1. The minimum absolute atomic E-state index is 0.0608. The van der Waals surface area contributed by atoms with Crippen LogP contribution in [0.3, 0.4) is 0 Å². The molecule has 7 nitrogen and oxygen atoms in total. The Morgan fingerprint density at radius 1 is 1.14 bits per heavy atom. The normalized spacial score (nSPS) is 24.5. The van der Waals surface area contributed by atoms with Crippen LogP contribution in [0.15, 0.2) is 48.5 Å². The molecule has 1 spiro atoms. The van der Waals surface area contributed by atoms with Gasteiger partial charge in [0.05, 0.1) is 12.0 Å². The number of benzene rings is 2. The van der Waals surface area contributed by atoms with Crippen LogP contribution in [-0.2, 0) is 20.9 Å². The average Bonchev–Trinajstić information content (AvgIpc) is 3.10. The molecule has 37 heavy (non-hydrogen) atoms. The number of carbonyl (C=O) groups is 2. The number of likely N-dealkylation sites (tertiary alicyclic amines) is 1. The van der Waals surface area contributed by atoms with Gasteiger partial charge in [0.2, 0.25) is 0 Å². The molecule has 8 heteroatoms. The maximum Gasteiger partial charge on any atom is 0.267 e. The van der Waals surface area contributed by atoms with E-state index in [0.29, 0.717) is 24.3 Å². The van der Waals surface area contributed by atoms with E-state index in [9.17, 15) is 14.0 Å². The molecule has 0 aromatic heterocycles. The number of ketones is 1. The summed E-state index contributed by atoms with van der Waals surface area (Å²) < 4.78 is 25.1. The number of nitrogens with zero attached hydrogens (tertiary/aromatic N) is 1. The lowest BCUT2D eigenvalue weighted by Crippen LogP contribution is -2.42. The first-order chi connectivity index (χ1) is 18.0. The predicted molar refractivity (Wildman–Crippen MR) is 136 cm³/mol. The SMILES string of the molecule is O=C(/C=C/c1ccc2c(c1)C(=O)CC1(CCCN(Cc3ccc(F)cc3)CC1)O2)NOC1CCCCO1. The molecule has 2 atom stereocenters. The molecule has 196 valence electrons. The van der Waals surface area contributed by atoms with Gasteiger partial charge in [0.15, 0.2) is 12.1 Å². The van der Waals surface area contributed by atoms with Gasteiger partial charge in [0.1, 0.15) is 17.2 Å². The molecule has 1 N–H and O–H groups in total. The Balaban J connectivity index is 1.18. The van der Waals surface area contributed by atoms with Crippen LogP contribution in [0.25, 0.3) is 6.08 Å². The van der Waals surface area contributed by atoms with Crippen LogP contribution in [0.4, 0.5) is 4.39 Å². The monoisotopic (exact) mass is 508 g/mol. The first-order valence-electron chi connectivity index (χ1n) is 13.1. The van der Waals surface area contributed by atoms with Gasteiger partial charge in [-0.1, -0.05) is 18.2 Å². The molecule has 2 saturated heterocycles. The van der Waals surface area contributed by atoms with E-state index in [1.807, 2.05) is 24.3 Å². The van der Waals surface area contributed by atoms with Crippen LogP contribution in [0.2, 0.25) is 0 Å². The molecule has 2 fully saturated rings. The van der Waals surface area contributed by atoms with Crippen LogP contribution in [-0.4, -0.2) is 48.2 Å². The third-order valence-corrected chi connectivity index (χ3v) is 7.28. The highest BCUT2D eigenvalue weighted by molar-refractivity contribution is 6.01. The van der Waals surface area contributed by atoms with Crippen molar-refractivity contribution in [1.29, 1.82) is 0 Å². The average molecular weight is 509 g/mol. The number of ether oxygens (including phenoxy) is 2. The highest BCUT2D eigenvalue weighted by atomic mass is 19.1. The van der Waals surface area contributed by atoms with Gasteiger partial charge in [-0.25, -0.2) is 14.7 Å². The van der Waals surface area contributed by atoms with E-state index in [0.717, 1.165) is 69.3 Å². The molecule has 0 radical (unpaired) electrons. The van der Waals surface area contributed by atoms with Crippen LogP contribution < -0.4 is 10.2 Å². The summed E-state index contributed by atoms with van der Waals surface area (Å²) in [4.78, 5) is 32.9. The molecule has 5 rings (SSSR count). The highest BCUT2D eigenvalue weighted by Gasteiger charge is 2.41. The summed E-state index contributed by atoms with van der Waals surface area (Å²) in [6, 6.07) is 12.1. The van der Waals surface area contributed by atoms with E-state index >= 15 is 0 Å². The Bertz CT molecular complexity index is 1150. The Hall–Kier alpha value is -3.07. The number of hydrogen-bond donors (Lipinski definition) is 1. The summed E-state index contributed by atoms with van der Waals surface area (Å²) in [5.41, 5.74) is 4.26. The van der Waals surface area contributed by atoms with Gasteiger partial charge >= 0.3 is 0 Å². The van der Waals surface area contributed by atoms with E-state index in [1.165, 1.54) is 18.2 Å². The molecular formula is C29H33FN2O5. The van der Waals surface area contributed by atoms with Crippen molar-refractivity contribution in [2.75, 3.05) is 19.7 Å². The van der Waals surface area contributed by atoms with Crippen molar-refractivity contribution in [2.45, 2.75) is 63.4 Å². The van der Waals surface area contributed by atoms with Gasteiger partial charge in [0, 0.05) is 38.6 Å². The van der Waals surface area contributed by atoms with Crippen molar-refractivity contribution in [3.8, 4) is 5.75 Å². The highest BCUT2D eigenvalue weighted by Crippen LogP contribution is 2.40. The number of rotatable bonds is 6. The minimum Gasteiger partial charge on any atom is -0.486 e. The van der Waals surface area contributed by atoms with Crippen molar-refractivity contribution in [3.63, 3.8) is 0 Å². The maximum absolute atomic E-state index is 13.2. The number of amides is 1. The molecule has 0 aliphatic carbocycles. The fourth-order valence-electron chi connectivity index (χ4n) is 5.26. The molecule has 3 heterocycles. The number of hydrogen-bond acceptors (Lipinski definition) is 6. The number of Topliss-reactive ketones (excluding diaryl/α,β-unsaturated/α-hetero) is 1. The lowest BCUT2D eigenvalue weighted by Gasteiger charge is -2.37. The first-order valence-corrected chi connectivity index (χ1v) is 13.1. The van der Waals surface area contributed by atoms with Crippen LogP contribution >= 0.6 is 0 Å². The largest absolute Gasteiger partial charge is 0.486 e. The molecule has 2 aromatic rings. The predicted octanol–water partition coefficient (Wildman–Crippen LogP) is 4.80. The lowest BCUT2D eigenvalue weighted by molar-refractivity contribution is -0.198. The van der Waals surface area contributed by atoms with Crippen molar-refractivity contribution in [3.05, 3.63) is 71.0 Å². The van der Waals surface area contributed by atoms with Crippen molar-refractivity contribution >= 4 is 17.8 Å². The summed E-state index contributed by atoms with van der Waals surface area (Å²) >= 11 is 0. The van der Waals surface area contributed by atoms with E-state index < -0.39 is 17.8 Å². The molecule has 3 aliphatic heterocycles. The second kappa shape index (κ2) is 11.5. The van der Waals surface area contributed by atoms with Crippen molar-refractivity contribution < 1.29 is 28.3 Å². The summed E-state index contributed by atoms with van der Waals surface area (Å²) in [5, 5.41) is 0. The molecular weight excluding hydrogens is 475 g/mol. The Morgan fingerprint density at radius 2 is 2.00 bits per heavy atom. The fraction of sp³-hybridized carbons (Fsp3) is 0.448. The van der Waals surface area contributed by atoms with Gasteiger partial charge in [0.25, 0.3) is 5.91 Å². The molecule has 0 bridgehead atoms. The smallest absolute Gasteiger partial charge is 0.267 e. The van der Waals surface area contributed by atoms with E-state index in [4.69, 9.17) is 14.3 Å². The van der Waals surface area contributed by atoms with Crippen molar-refractivity contribution in [1.82, 2.24) is 10.4 Å². The van der Waals surface area contributed by atoms with Crippen molar-refractivity contribution in [2.24, 2.45) is 0 Å². The van der Waals surface area contributed by atoms with Gasteiger partial charge in [-0.15, -0.1) is 0 Å². The van der Waals surface area contributed by atoms with Crippen LogP contribution in [0.5, 0.6) is 5.75 Å². The summed E-state index contributed by atoms with van der Waals surface area (Å²) in [7, 11) is 0. The second-order valence-electron chi connectivity index (χ2n) is 10.1. The quantitative estimate of drug-likeness (QED) is 0.446. The zero-order chi connectivity index (χ0) is 25.7. The molecule has 2 unspecified atom stereocenters. The van der Waals surface area contributed by atoms with E-state index in [1.54, 1.807) is 12.1 Å². The molecule has 1 amide bonds. The third-order valence-electron chi connectivity index (χ3n) is 7.28. The summed E-state index contributed by atoms with van der Waals surface area (Å²) in [6.07, 6.45) is 8.22. The molecule has 2 aromatic carbocycles. The van der Waals surface area contributed by atoms with Gasteiger partial charge < -0.3 is 9.47 Å². The Morgan fingerprint density at radius 3 is 2.81 bits per heavy atom. The minimum atomic E-state index is -0.503. The van der Waals surface area contributed by atoms with Crippen LogP contribution in [0, 0.1) is 5.82 Å². The van der Waals surface area contributed by atoms with Gasteiger partial charge in [-0.2, -0.15) is 0 Å². The Labute approximate surface area is 216 Å². The summed E-state index contributed by atoms with van der Waals surface area (Å²) in [6.45, 7) is 3.11. The van der Waals surface area contributed by atoms with E-state index in [-0.39, 0.29) is 11.6 Å². The van der Waals surface area contributed by atoms with E-state index in [2.05, 4.69) is 10.4 Å². The standard InChI is InChI=1S/C29H33FN2O5/c30-23-9-5-22(6-10-23)20-32-15-3-13-29(14-16-32)19-25(33)24-18-21(7-11-26(24)36-29)8-12-27(34)31-37-28-4-1-2-17-35-28/h5-12,18,28H,1-4,13-17,19-20H2,(H,31,34)/b12-8+. The fourth-order valence-corrected chi connectivity index (χ4v) is 5.26. The number of hydroxylamine groups is 1.